The zero-order valence-corrected chi connectivity index (χ0v) is 16.1. The number of nitrogens with one attached hydrogen (secondary N) is 1. The Morgan fingerprint density at radius 2 is 1.75 bits per heavy atom. The Hall–Kier alpha value is -3.02. The number of ether oxygens (including phenoxy) is 1. The van der Waals surface area contributed by atoms with Crippen molar-refractivity contribution in [2.75, 3.05) is 43.5 Å². The number of hydrogen-bond acceptors (Lipinski definition) is 4. The Kier molecular flexibility index (Phi) is 5.19. The minimum atomic E-state index is 0.00723. The van der Waals surface area contributed by atoms with Gasteiger partial charge in [0, 0.05) is 55.1 Å². The Balaban J connectivity index is 1.37. The summed E-state index contributed by atoms with van der Waals surface area (Å²) in [5.74, 6) is 1.04. The van der Waals surface area contributed by atoms with Gasteiger partial charge in [0.1, 0.15) is 5.75 Å². The molecule has 2 fully saturated rings. The molecule has 0 radical (unpaired) electrons. The molecule has 1 saturated carbocycles. The van der Waals surface area contributed by atoms with E-state index in [0.29, 0.717) is 24.3 Å². The number of carbonyl (C=O) groups excluding carboxylic acids is 2. The predicted molar refractivity (Wildman–Crippen MR) is 109 cm³/mol. The zero-order valence-electron chi connectivity index (χ0n) is 16.1. The van der Waals surface area contributed by atoms with Gasteiger partial charge < -0.3 is 19.9 Å². The van der Waals surface area contributed by atoms with Gasteiger partial charge in [0.05, 0.1) is 7.11 Å². The molecule has 2 aromatic carbocycles. The van der Waals surface area contributed by atoms with Gasteiger partial charge in [-0.05, 0) is 43.2 Å². The van der Waals surface area contributed by atoms with Crippen molar-refractivity contribution < 1.29 is 14.3 Å². The second-order valence-electron chi connectivity index (χ2n) is 7.33. The van der Waals surface area contributed by atoms with Crippen molar-refractivity contribution in [3.05, 3.63) is 54.1 Å². The standard InChI is InChI=1S/C22H25N3O3/c1-28-20-7-3-6-19(15-20)24-10-12-25(13-11-24)22(27)17-4-2-5-18(14-17)23-21(26)16-8-9-16/h2-7,14-16H,8-13H2,1H3,(H,23,26). The van der Waals surface area contributed by atoms with Crippen LogP contribution in [0.5, 0.6) is 5.75 Å². The van der Waals surface area contributed by atoms with Crippen LogP contribution in [-0.2, 0) is 4.79 Å². The van der Waals surface area contributed by atoms with Crippen LogP contribution in [0.25, 0.3) is 0 Å². The van der Waals surface area contributed by atoms with E-state index in [2.05, 4.69) is 16.3 Å². The maximum absolute atomic E-state index is 12.9. The molecule has 2 amide bonds. The van der Waals surface area contributed by atoms with E-state index in [1.165, 1.54) is 0 Å². The number of rotatable bonds is 5. The molecule has 1 heterocycles. The number of benzene rings is 2. The predicted octanol–water partition coefficient (Wildman–Crippen LogP) is 3.01. The summed E-state index contributed by atoms with van der Waals surface area (Å²) in [6, 6.07) is 15.2. The molecule has 1 aliphatic carbocycles. The first-order valence-electron chi connectivity index (χ1n) is 9.73. The number of amides is 2. The molecule has 0 unspecified atom stereocenters. The van der Waals surface area contributed by atoms with Crippen LogP contribution in [0.3, 0.4) is 0 Å². The second-order valence-corrected chi connectivity index (χ2v) is 7.33. The van der Waals surface area contributed by atoms with Crippen molar-refractivity contribution in [1.82, 2.24) is 4.90 Å². The minimum Gasteiger partial charge on any atom is -0.497 e. The smallest absolute Gasteiger partial charge is 0.254 e. The topological polar surface area (TPSA) is 61.9 Å². The molecule has 28 heavy (non-hydrogen) atoms. The van der Waals surface area contributed by atoms with Crippen molar-refractivity contribution >= 4 is 23.2 Å². The maximum atomic E-state index is 12.9. The van der Waals surface area contributed by atoms with Crippen LogP contribution in [0.15, 0.2) is 48.5 Å². The number of methoxy groups -OCH3 is 1. The van der Waals surface area contributed by atoms with Crippen LogP contribution in [-0.4, -0.2) is 50.0 Å². The van der Waals surface area contributed by atoms with Crippen LogP contribution in [0.2, 0.25) is 0 Å². The van der Waals surface area contributed by atoms with E-state index in [-0.39, 0.29) is 17.7 Å². The number of piperazine rings is 1. The molecule has 6 heteroatoms. The molecule has 1 N–H and O–H groups in total. The molecule has 0 spiro atoms. The summed E-state index contributed by atoms with van der Waals surface area (Å²) < 4.78 is 5.30. The van der Waals surface area contributed by atoms with Gasteiger partial charge in [-0.3, -0.25) is 9.59 Å². The van der Waals surface area contributed by atoms with Gasteiger partial charge >= 0.3 is 0 Å². The number of carbonyl (C=O) groups is 2. The van der Waals surface area contributed by atoms with Gasteiger partial charge in [0.15, 0.2) is 0 Å². The van der Waals surface area contributed by atoms with E-state index in [1.807, 2.05) is 41.3 Å². The summed E-state index contributed by atoms with van der Waals surface area (Å²) >= 11 is 0. The van der Waals surface area contributed by atoms with E-state index in [4.69, 9.17) is 4.74 Å². The zero-order chi connectivity index (χ0) is 19.5. The lowest BCUT2D eigenvalue weighted by Crippen LogP contribution is -2.48. The highest BCUT2D eigenvalue weighted by Gasteiger charge is 2.29. The highest BCUT2D eigenvalue weighted by Crippen LogP contribution is 2.30. The fourth-order valence-corrected chi connectivity index (χ4v) is 3.48. The van der Waals surface area contributed by atoms with Crippen LogP contribution < -0.4 is 15.0 Å². The highest BCUT2D eigenvalue weighted by atomic mass is 16.5. The lowest BCUT2D eigenvalue weighted by Gasteiger charge is -2.36. The SMILES string of the molecule is COc1cccc(N2CCN(C(=O)c3cccc(NC(=O)C4CC4)c3)CC2)c1. The molecule has 6 nitrogen and oxygen atoms in total. The summed E-state index contributed by atoms with van der Waals surface area (Å²) in [5.41, 5.74) is 2.41. The minimum absolute atomic E-state index is 0.00723. The molecular weight excluding hydrogens is 354 g/mol. The van der Waals surface area contributed by atoms with Gasteiger partial charge in [-0.1, -0.05) is 12.1 Å². The third-order valence-electron chi connectivity index (χ3n) is 5.31. The molecule has 2 aliphatic rings. The molecule has 1 aliphatic heterocycles. The number of anilines is 2. The van der Waals surface area contributed by atoms with Crippen LogP contribution in [0.1, 0.15) is 23.2 Å². The molecule has 0 bridgehead atoms. The van der Waals surface area contributed by atoms with Crippen molar-refractivity contribution in [3.8, 4) is 5.75 Å². The van der Waals surface area contributed by atoms with E-state index >= 15 is 0 Å². The van der Waals surface area contributed by atoms with Crippen molar-refractivity contribution in [2.24, 2.45) is 5.92 Å². The van der Waals surface area contributed by atoms with E-state index in [1.54, 1.807) is 13.2 Å². The van der Waals surface area contributed by atoms with Crippen LogP contribution >= 0.6 is 0 Å². The fourth-order valence-electron chi connectivity index (χ4n) is 3.48. The maximum Gasteiger partial charge on any atom is 0.254 e. The Labute approximate surface area is 165 Å². The van der Waals surface area contributed by atoms with Crippen molar-refractivity contribution in [1.29, 1.82) is 0 Å². The Morgan fingerprint density at radius 3 is 2.46 bits per heavy atom. The Bertz CT molecular complexity index is 871. The van der Waals surface area contributed by atoms with Crippen LogP contribution in [0.4, 0.5) is 11.4 Å². The van der Waals surface area contributed by atoms with Gasteiger partial charge in [-0.25, -0.2) is 0 Å². The monoisotopic (exact) mass is 379 g/mol. The highest BCUT2D eigenvalue weighted by molar-refractivity contribution is 5.98. The lowest BCUT2D eigenvalue weighted by atomic mass is 10.1. The first kappa shape index (κ1) is 18.3. The van der Waals surface area contributed by atoms with Crippen molar-refractivity contribution in [2.45, 2.75) is 12.8 Å². The quantitative estimate of drug-likeness (QED) is 0.868. The first-order chi connectivity index (χ1) is 13.6. The molecule has 1 saturated heterocycles. The molecule has 0 aromatic heterocycles. The summed E-state index contributed by atoms with van der Waals surface area (Å²) in [4.78, 5) is 29.0. The van der Waals surface area contributed by atoms with Gasteiger partial charge in [-0.15, -0.1) is 0 Å². The van der Waals surface area contributed by atoms with E-state index < -0.39 is 0 Å². The Morgan fingerprint density at radius 1 is 1.00 bits per heavy atom. The third kappa shape index (κ3) is 4.11. The van der Waals surface area contributed by atoms with Gasteiger partial charge in [-0.2, -0.15) is 0 Å². The van der Waals surface area contributed by atoms with Gasteiger partial charge in [0.25, 0.3) is 5.91 Å². The fraction of sp³-hybridized carbons (Fsp3) is 0.364. The third-order valence-corrected chi connectivity index (χ3v) is 5.31. The summed E-state index contributed by atoms with van der Waals surface area (Å²) in [5, 5.41) is 2.91. The average molecular weight is 379 g/mol. The average Bonchev–Trinajstić information content (AvgIpc) is 3.59. The largest absolute Gasteiger partial charge is 0.497 e. The lowest BCUT2D eigenvalue weighted by molar-refractivity contribution is -0.117. The molecule has 4 rings (SSSR count). The summed E-state index contributed by atoms with van der Waals surface area (Å²) in [6.45, 7) is 2.87. The summed E-state index contributed by atoms with van der Waals surface area (Å²) in [7, 11) is 1.66. The molecule has 2 aromatic rings. The molecular formula is C22H25N3O3. The summed E-state index contributed by atoms with van der Waals surface area (Å²) in [6.07, 6.45) is 1.92. The first-order valence-corrected chi connectivity index (χ1v) is 9.73. The van der Waals surface area contributed by atoms with Gasteiger partial charge in [0.2, 0.25) is 5.91 Å². The van der Waals surface area contributed by atoms with E-state index in [9.17, 15) is 9.59 Å². The normalized spacial score (nSPS) is 16.6. The van der Waals surface area contributed by atoms with Crippen LogP contribution in [0, 0.1) is 5.92 Å². The second kappa shape index (κ2) is 7.92. The van der Waals surface area contributed by atoms with E-state index in [0.717, 1.165) is 37.4 Å². The number of nitrogens with zero attached hydrogens (tertiary/aromatic N) is 2. The molecule has 146 valence electrons. The number of hydrogen-bond donors (Lipinski definition) is 1. The molecule has 0 atom stereocenters. The van der Waals surface area contributed by atoms with Crippen molar-refractivity contribution in [3.63, 3.8) is 0 Å².